The summed E-state index contributed by atoms with van der Waals surface area (Å²) >= 11 is 6.96. The molecule has 8 heteroatoms. The Balaban J connectivity index is 1.93. The van der Waals surface area contributed by atoms with E-state index in [1.54, 1.807) is 31.2 Å². The van der Waals surface area contributed by atoms with Gasteiger partial charge in [-0.3, -0.25) is 10.2 Å². The van der Waals surface area contributed by atoms with Crippen molar-refractivity contribution in [1.82, 2.24) is 10.2 Å². The molecule has 1 aromatic heterocycles. The van der Waals surface area contributed by atoms with Gasteiger partial charge in [0.15, 0.2) is 5.17 Å². The van der Waals surface area contributed by atoms with Crippen LogP contribution in [0.2, 0.25) is 5.02 Å². The molecule has 20 heavy (non-hydrogen) atoms. The lowest BCUT2D eigenvalue weighted by atomic mass is 10.2. The van der Waals surface area contributed by atoms with Crippen molar-refractivity contribution in [3.63, 3.8) is 0 Å². The molecule has 1 amide bonds. The van der Waals surface area contributed by atoms with Gasteiger partial charge >= 0.3 is 6.01 Å². The summed E-state index contributed by atoms with van der Waals surface area (Å²) in [6.07, 6.45) is 0. The average Bonchev–Trinajstić information content (AvgIpc) is 2.97. The number of carbonyl (C=O) groups excluding carboxylic acids is 1. The summed E-state index contributed by atoms with van der Waals surface area (Å²) in [6.45, 7) is 1.73. The summed E-state index contributed by atoms with van der Waals surface area (Å²) in [5.74, 6) is 0.0492. The molecule has 102 valence electrons. The highest BCUT2D eigenvalue weighted by Gasteiger charge is 2.38. The first-order valence-corrected chi connectivity index (χ1v) is 7.00. The fourth-order valence-electron chi connectivity index (χ4n) is 1.75. The lowest BCUT2D eigenvalue weighted by molar-refractivity contribution is -0.116. The number of aromatic nitrogens is 2. The van der Waals surface area contributed by atoms with Crippen LogP contribution in [0.15, 0.2) is 28.7 Å². The quantitative estimate of drug-likeness (QED) is 0.922. The third-order valence-corrected chi connectivity index (χ3v) is 3.97. The number of thioether (sulfide) groups is 1. The van der Waals surface area contributed by atoms with Gasteiger partial charge in [-0.15, -0.1) is 5.10 Å². The second-order valence-corrected chi connectivity index (χ2v) is 5.90. The third kappa shape index (κ3) is 2.19. The third-order valence-electron chi connectivity index (χ3n) is 2.76. The summed E-state index contributed by atoms with van der Waals surface area (Å²) < 4.78 is 5.47. The maximum absolute atomic E-state index is 11.9. The molecule has 1 aromatic carbocycles. The molecule has 1 unspecified atom stereocenters. The SMILES string of the molecule is CC1SC(=N)N(c2nnc(-c3ccc(Cl)cc3)o2)C1=O. The van der Waals surface area contributed by atoms with Crippen LogP contribution in [0.1, 0.15) is 6.92 Å². The molecule has 2 heterocycles. The minimum absolute atomic E-state index is 0.0156. The second-order valence-electron chi connectivity index (χ2n) is 4.14. The van der Waals surface area contributed by atoms with Gasteiger partial charge in [0.05, 0.1) is 5.25 Å². The predicted octanol–water partition coefficient (Wildman–Crippen LogP) is 2.79. The standard InChI is InChI=1S/C12H9ClN4O2S/c1-6-10(18)17(11(14)20-6)12-16-15-9(19-12)7-2-4-8(13)5-3-7/h2-6,14H,1H3. The molecule has 3 rings (SSSR count). The highest BCUT2D eigenvalue weighted by atomic mass is 35.5. The molecule has 1 aliphatic heterocycles. The van der Waals surface area contributed by atoms with Crippen molar-refractivity contribution in [2.24, 2.45) is 0 Å². The Labute approximate surface area is 123 Å². The number of amidine groups is 1. The van der Waals surface area contributed by atoms with Crippen molar-refractivity contribution >= 4 is 40.5 Å². The topological polar surface area (TPSA) is 83.1 Å². The van der Waals surface area contributed by atoms with Gasteiger partial charge in [0.25, 0.3) is 0 Å². The Kier molecular flexibility index (Phi) is 3.23. The molecular formula is C12H9ClN4O2S. The summed E-state index contributed by atoms with van der Waals surface area (Å²) in [5.41, 5.74) is 0.701. The predicted molar refractivity (Wildman–Crippen MR) is 77.0 cm³/mol. The van der Waals surface area contributed by atoms with Crippen molar-refractivity contribution in [2.45, 2.75) is 12.2 Å². The first kappa shape index (κ1) is 13.1. The monoisotopic (exact) mass is 308 g/mol. The minimum atomic E-state index is -0.312. The number of anilines is 1. The van der Waals surface area contributed by atoms with E-state index in [1.807, 2.05) is 0 Å². The summed E-state index contributed by atoms with van der Waals surface area (Å²) in [4.78, 5) is 13.1. The van der Waals surface area contributed by atoms with E-state index >= 15 is 0 Å². The molecule has 1 saturated heterocycles. The van der Waals surface area contributed by atoms with Crippen LogP contribution in [0.5, 0.6) is 0 Å². The fraction of sp³-hybridized carbons (Fsp3) is 0.167. The average molecular weight is 309 g/mol. The van der Waals surface area contributed by atoms with Gasteiger partial charge in [-0.2, -0.15) is 0 Å². The van der Waals surface area contributed by atoms with Crippen LogP contribution in [0.4, 0.5) is 6.01 Å². The molecule has 0 aliphatic carbocycles. The zero-order chi connectivity index (χ0) is 14.3. The van der Waals surface area contributed by atoms with E-state index in [4.69, 9.17) is 21.4 Å². The molecule has 1 atom stereocenters. The Morgan fingerprint density at radius 3 is 2.65 bits per heavy atom. The van der Waals surface area contributed by atoms with Gasteiger partial charge in [0, 0.05) is 10.6 Å². The number of benzene rings is 1. The molecule has 1 N–H and O–H groups in total. The van der Waals surface area contributed by atoms with Gasteiger partial charge in [0.2, 0.25) is 11.8 Å². The van der Waals surface area contributed by atoms with E-state index in [1.165, 1.54) is 0 Å². The molecule has 0 radical (unpaired) electrons. The van der Waals surface area contributed by atoms with Crippen LogP contribution in [0.3, 0.4) is 0 Å². The summed E-state index contributed by atoms with van der Waals surface area (Å²) in [6, 6.07) is 6.92. The molecule has 1 aliphatic rings. The Morgan fingerprint density at radius 1 is 1.35 bits per heavy atom. The smallest absolute Gasteiger partial charge is 0.331 e. The van der Waals surface area contributed by atoms with Gasteiger partial charge < -0.3 is 4.42 Å². The number of halogens is 1. The van der Waals surface area contributed by atoms with E-state index in [0.29, 0.717) is 10.6 Å². The number of hydrogen-bond donors (Lipinski definition) is 1. The number of carbonyl (C=O) groups is 1. The van der Waals surface area contributed by atoms with Crippen LogP contribution in [-0.4, -0.2) is 26.5 Å². The molecule has 0 spiro atoms. The van der Waals surface area contributed by atoms with Crippen LogP contribution >= 0.6 is 23.4 Å². The number of hydrogen-bond acceptors (Lipinski definition) is 6. The van der Waals surface area contributed by atoms with Gasteiger partial charge in [0.1, 0.15) is 0 Å². The van der Waals surface area contributed by atoms with E-state index in [9.17, 15) is 4.79 Å². The molecule has 1 fully saturated rings. The number of amides is 1. The molecule has 6 nitrogen and oxygen atoms in total. The van der Waals surface area contributed by atoms with Gasteiger partial charge in [-0.25, -0.2) is 4.90 Å². The normalized spacial score (nSPS) is 18.9. The lowest BCUT2D eigenvalue weighted by Crippen LogP contribution is -2.31. The molecule has 0 bridgehead atoms. The zero-order valence-electron chi connectivity index (χ0n) is 10.3. The van der Waals surface area contributed by atoms with Gasteiger partial charge in [-0.1, -0.05) is 28.5 Å². The first-order chi connectivity index (χ1) is 9.56. The number of rotatable bonds is 2. The summed E-state index contributed by atoms with van der Waals surface area (Å²) in [7, 11) is 0. The number of nitrogens with zero attached hydrogens (tertiary/aromatic N) is 3. The summed E-state index contributed by atoms with van der Waals surface area (Å²) in [5, 5.41) is 15.9. The largest absolute Gasteiger partial charge is 0.403 e. The van der Waals surface area contributed by atoms with Crippen molar-refractivity contribution in [2.75, 3.05) is 4.90 Å². The van der Waals surface area contributed by atoms with E-state index < -0.39 is 0 Å². The van der Waals surface area contributed by atoms with E-state index in [0.717, 1.165) is 16.7 Å². The van der Waals surface area contributed by atoms with Crippen LogP contribution in [0.25, 0.3) is 11.5 Å². The Bertz CT molecular complexity index is 685. The molecule has 0 saturated carbocycles. The van der Waals surface area contributed by atoms with Crippen LogP contribution in [0, 0.1) is 5.41 Å². The molecule has 2 aromatic rings. The number of nitrogens with one attached hydrogen (secondary N) is 1. The zero-order valence-corrected chi connectivity index (χ0v) is 11.9. The maximum Gasteiger partial charge on any atom is 0.331 e. The highest BCUT2D eigenvalue weighted by Crippen LogP contribution is 2.31. The van der Waals surface area contributed by atoms with E-state index in [-0.39, 0.29) is 28.2 Å². The minimum Gasteiger partial charge on any atom is -0.403 e. The van der Waals surface area contributed by atoms with Gasteiger partial charge in [-0.05, 0) is 31.2 Å². The second kappa shape index (κ2) is 4.92. The highest BCUT2D eigenvalue weighted by molar-refractivity contribution is 8.16. The van der Waals surface area contributed by atoms with Crippen molar-refractivity contribution < 1.29 is 9.21 Å². The Morgan fingerprint density at radius 2 is 2.05 bits per heavy atom. The first-order valence-electron chi connectivity index (χ1n) is 5.75. The maximum atomic E-state index is 11.9. The van der Waals surface area contributed by atoms with Crippen molar-refractivity contribution in [3.05, 3.63) is 29.3 Å². The van der Waals surface area contributed by atoms with Crippen molar-refractivity contribution in [1.29, 1.82) is 5.41 Å². The lowest BCUT2D eigenvalue weighted by Gasteiger charge is -2.07. The van der Waals surface area contributed by atoms with Crippen LogP contribution < -0.4 is 4.90 Å². The Hall–Kier alpha value is -1.86. The van der Waals surface area contributed by atoms with Crippen molar-refractivity contribution in [3.8, 4) is 11.5 Å². The van der Waals surface area contributed by atoms with E-state index in [2.05, 4.69) is 10.2 Å². The fourth-order valence-corrected chi connectivity index (χ4v) is 2.69. The van der Waals surface area contributed by atoms with Crippen LogP contribution in [-0.2, 0) is 4.79 Å². The molecular weight excluding hydrogens is 300 g/mol.